The molecule has 0 aromatic rings. The molecule has 1 aliphatic rings. The lowest BCUT2D eigenvalue weighted by Crippen LogP contribution is -1.68. The predicted molar refractivity (Wildman–Crippen MR) is 49.2 cm³/mol. The summed E-state index contributed by atoms with van der Waals surface area (Å²) in [6.45, 7) is 0. The third kappa shape index (κ3) is 4.60. The monoisotopic (exact) mass is 147 g/mol. The van der Waals surface area contributed by atoms with Crippen molar-refractivity contribution in [3.05, 3.63) is 36.5 Å². The van der Waals surface area contributed by atoms with E-state index < -0.39 is 0 Å². The molecule has 0 saturated heterocycles. The summed E-state index contributed by atoms with van der Waals surface area (Å²) in [5.41, 5.74) is 0. The van der Waals surface area contributed by atoms with Crippen LogP contribution in [0.4, 0.5) is 0 Å². The maximum Gasteiger partial charge on any atom is -0.0273 e. The van der Waals surface area contributed by atoms with Gasteiger partial charge in [0.15, 0.2) is 0 Å². The second-order valence-corrected chi connectivity index (χ2v) is 2.74. The Balaban J connectivity index is 2.34. The van der Waals surface area contributed by atoms with Crippen LogP contribution in [0, 0.1) is 6.08 Å². The first kappa shape index (κ1) is 8.32. The molecule has 0 amide bonds. The molecule has 0 aromatic carbocycles. The molecule has 0 heteroatoms. The van der Waals surface area contributed by atoms with Crippen molar-refractivity contribution in [2.45, 2.75) is 32.1 Å². The van der Waals surface area contributed by atoms with E-state index in [-0.39, 0.29) is 0 Å². The predicted octanol–water partition coefficient (Wildman–Crippen LogP) is 3.42. The Morgan fingerprint density at radius 1 is 0.909 bits per heavy atom. The smallest absolute Gasteiger partial charge is 0.0273 e. The molecule has 0 saturated carbocycles. The largest absolute Gasteiger partial charge is 0.0885 e. The zero-order chi connectivity index (χ0) is 7.78. The molecule has 0 spiro atoms. The fourth-order valence-corrected chi connectivity index (χ4v) is 1.07. The van der Waals surface area contributed by atoms with E-state index in [1.165, 1.54) is 19.3 Å². The fourth-order valence-electron chi connectivity index (χ4n) is 1.07. The van der Waals surface area contributed by atoms with Crippen LogP contribution in [0.15, 0.2) is 30.4 Å². The van der Waals surface area contributed by atoms with Gasteiger partial charge in [-0.2, -0.15) is 0 Å². The normalized spacial score (nSPS) is 28.4. The Kier molecular flexibility index (Phi) is 4.51. The highest BCUT2D eigenvalue weighted by Crippen LogP contribution is 2.01. The van der Waals surface area contributed by atoms with Gasteiger partial charge in [-0.25, -0.2) is 0 Å². The van der Waals surface area contributed by atoms with E-state index in [2.05, 4.69) is 30.4 Å². The van der Waals surface area contributed by atoms with E-state index >= 15 is 0 Å². The summed E-state index contributed by atoms with van der Waals surface area (Å²) in [5, 5.41) is 0. The molecule has 0 N–H and O–H groups in total. The molecule has 0 atom stereocenters. The highest BCUT2D eigenvalue weighted by Gasteiger charge is 1.82. The number of rotatable bonds is 0. The van der Waals surface area contributed by atoms with Gasteiger partial charge in [0.05, 0.1) is 0 Å². The Bertz CT molecular complexity index is 161. The van der Waals surface area contributed by atoms with Gasteiger partial charge < -0.3 is 0 Å². The number of hydrogen-bond donors (Lipinski definition) is 0. The van der Waals surface area contributed by atoms with E-state index in [4.69, 9.17) is 0 Å². The maximum atomic E-state index is 3.24. The first-order chi connectivity index (χ1) is 5.50. The summed E-state index contributed by atoms with van der Waals surface area (Å²) >= 11 is 0. The van der Waals surface area contributed by atoms with Crippen molar-refractivity contribution in [1.29, 1.82) is 0 Å². The standard InChI is InChI=1S/C11H15/c1-2-4-6-8-10-11-9-7-5-3-1/h1-3,8,10H,4,6-7,9,11H2/b2-1-,5-3?,10-8-. The summed E-state index contributed by atoms with van der Waals surface area (Å²) < 4.78 is 0. The third-order valence-corrected chi connectivity index (χ3v) is 1.71. The van der Waals surface area contributed by atoms with Crippen molar-refractivity contribution < 1.29 is 0 Å². The quantitative estimate of drug-likeness (QED) is 0.460. The van der Waals surface area contributed by atoms with Gasteiger partial charge in [-0.15, -0.1) is 0 Å². The van der Waals surface area contributed by atoms with Crippen LogP contribution in [0.3, 0.4) is 0 Å². The Morgan fingerprint density at radius 2 is 1.73 bits per heavy atom. The van der Waals surface area contributed by atoms with E-state index in [0.717, 1.165) is 12.8 Å². The van der Waals surface area contributed by atoms with Crippen molar-refractivity contribution in [3.8, 4) is 0 Å². The van der Waals surface area contributed by atoms with Gasteiger partial charge in [-0.3, -0.25) is 0 Å². The lowest BCUT2D eigenvalue weighted by molar-refractivity contribution is 0.851. The van der Waals surface area contributed by atoms with Crippen LogP contribution in [0.5, 0.6) is 0 Å². The number of hydrogen-bond acceptors (Lipinski definition) is 0. The van der Waals surface area contributed by atoms with E-state index in [0.29, 0.717) is 0 Å². The van der Waals surface area contributed by atoms with Gasteiger partial charge in [0.1, 0.15) is 0 Å². The van der Waals surface area contributed by atoms with Gasteiger partial charge in [-0.05, 0) is 38.2 Å². The molecule has 0 unspecified atom stereocenters. The Hall–Kier alpha value is -0.780. The molecule has 0 bridgehead atoms. The minimum Gasteiger partial charge on any atom is -0.0885 e. The number of allylic oxidation sites excluding steroid dienone is 6. The van der Waals surface area contributed by atoms with Crippen LogP contribution in [-0.2, 0) is 0 Å². The third-order valence-electron chi connectivity index (χ3n) is 1.71. The highest BCUT2D eigenvalue weighted by molar-refractivity contribution is 5.00. The van der Waals surface area contributed by atoms with Crippen LogP contribution in [-0.4, -0.2) is 0 Å². The summed E-state index contributed by atoms with van der Waals surface area (Å²) in [6, 6.07) is 0. The highest BCUT2D eigenvalue weighted by atomic mass is 13.9. The average Bonchev–Trinajstić information content (AvgIpc) is 2.08. The van der Waals surface area contributed by atoms with Crippen LogP contribution in [0.1, 0.15) is 32.1 Å². The summed E-state index contributed by atoms with van der Waals surface area (Å²) in [4.78, 5) is 0. The first-order valence-electron chi connectivity index (χ1n) is 4.37. The van der Waals surface area contributed by atoms with Gasteiger partial charge in [0, 0.05) is 0 Å². The molecule has 0 heterocycles. The fraction of sp³-hybridized carbons (Fsp3) is 0.455. The second-order valence-electron chi connectivity index (χ2n) is 2.74. The van der Waals surface area contributed by atoms with Gasteiger partial charge in [0.25, 0.3) is 0 Å². The van der Waals surface area contributed by atoms with Crippen molar-refractivity contribution in [2.24, 2.45) is 0 Å². The molecule has 0 aromatic heterocycles. The Labute approximate surface area is 69.3 Å². The minimum absolute atomic E-state index is 1.09. The summed E-state index contributed by atoms with van der Waals surface area (Å²) in [6.07, 6.45) is 20.0. The Morgan fingerprint density at radius 3 is 2.73 bits per heavy atom. The topological polar surface area (TPSA) is 0 Å². The molecule has 11 heavy (non-hydrogen) atoms. The average molecular weight is 147 g/mol. The minimum atomic E-state index is 1.09. The molecule has 0 aliphatic heterocycles. The summed E-state index contributed by atoms with van der Waals surface area (Å²) in [5.74, 6) is 0. The van der Waals surface area contributed by atoms with Gasteiger partial charge in [0.2, 0.25) is 0 Å². The molecular weight excluding hydrogens is 132 g/mol. The van der Waals surface area contributed by atoms with Crippen LogP contribution < -0.4 is 0 Å². The zero-order valence-electron chi connectivity index (χ0n) is 6.92. The van der Waals surface area contributed by atoms with Crippen molar-refractivity contribution in [1.82, 2.24) is 0 Å². The lowest BCUT2D eigenvalue weighted by Gasteiger charge is -1.87. The van der Waals surface area contributed by atoms with Crippen molar-refractivity contribution >= 4 is 0 Å². The molecule has 0 fully saturated rings. The molecule has 0 nitrogen and oxygen atoms in total. The molecule has 59 valence electrons. The first-order valence-corrected chi connectivity index (χ1v) is 4.37. The summed E-state index contributed by atoms with van der Waals surface area (Å²) in [7, 11) is 0. The zero-order valence-corrected chi connectivity index (χ0v) is 6.92. The van der Waals surface area contributed by atoms with E-state index in [1.807, 2.05) is 6.08 Å². The lowest BCUT2D eigenvalue weighted by atomic mass is 10.2. The van der Waals surface area contributed by atoms with E-state index in [1.54, 1.807) is 0 Å². The maximum absolute atomic E-state index is 3.24. The molecular formula is C11H15. The van der Waals surface area contributed by atoms with Crippen LogP contribution in [0.25, 0.3) is 0 Å². The van der Waals surface area contributed by atoms with E-state index in [9.17, 15) is 0 Å². The molecule has 1 aliphatic carbocycles. The molecule has 1 radical (unpaired) electrons. The van der Waals surface area contributed by atoms with Crippen LogP contribution >= 0.6 is 0 Å². The second kappa shape index (κ2) is 5.96. The van der Waals surface area contributed by atoms with Crippen molar-refractivity contribution in [3.63, 3.8) is 0 Å². The van der Waals surface area contributed by atoms with Gasteiger partial charge in [-0.1, -0.05) is 30.4 Å². The molecule has 1 rings (SSSR count). The van der Waals surface area contributed by atoms with Crippen LogP contribution in [0.2, 0.25) is 0 Å². The van der Waals surface area contributed by atoms with Crippen molar-refractivity contribution in [2.75, 3.05) is 0 Å². The van der Waals surface area contributed by atoms with Gasteiger partial charge >= 0.3 is 0 Å². The SMILES string of the molecule is [C]1=C\C=C/CC/C=C\CCC/1.